The molecule has 0 saturated carbocycles. The van der Waals surface area contributed by atoms with Crippen LogP contribution in [0.15, 0.2) is 27.1 Å². The van der Waals surface area contributed by atoms with Gasteiger partial charge in [-0.3, -0.25) is 0 Å². The number of hydrogen-bond acceptors (Lipinski definition) is 1. The first-order chi connectivity index (χ1) is 7.50. The maximum Gasteiger partial charge on any atom is 0.0743 e. The second-order valence-corrected chi connectivity index (χ2v) is 5.48. The van der Waals surface area contributed by atoms with Gasteiger partial charge in [-0.2, -0.15) is 5.10 Å². The summed E-state index contributed by atoms with van der Waals surface area (Å²) in [5.74, 6) is 0. The molecule has 0 aliphatic carbocycles. The lowest BCUT2D eigenvalue weighted by Crippen LogP contribution is -1.99. The highest BCUT2D eigenvalue weighted by molar-refractivity contribution is 9.10. The molecule has 84 valence electrons. The molecule has 0 spiro atoms. The van der Waals surface area contributed by atoms with Gasteiger partial charge in [0.15, 0.2) is 0 Å². The molecule has 1 heterocycles. The van der Waals surface area contributed by atoms with Crippen LogP contribution in [0.5, 0.6) is 0 Å². The molecule has 0 radical (unpaired) electrons. The minimum Gasteiger partial charge on any atom is -0.237 e. The molecule has 0 aliphatic rings. The van der Waals surface area contributed by atoms with E-state index in [4.69, 9.17) is 0 Å². The van der Waals surface area contributed by atoms with Crippen molar-refractivity contribution in [3.8, 4) is 5.69 Å². The Hall–Kier alpha value is -0.610. The van der Waals surface area contributed by atoms with Crippen molar-refractivity contribution in [2.45, 2.75) is 20.8 Å². The third kappa shape index (κ3) is 1.96. The molecule has 0 bridgehead atoms. The summed E-state index contributed by atoms with van der Waals surface area (Å²) in [4.78, 5) is 0. The van der Waals surface area contributed by atoms with Crippen LogP contribution in [0.3, 0.4) is 0 Å². The summed E-state index contributed by atoms with van der Waals surface area (Å²) in [7, 11) is 0. The first-order valence-corrected chi connectivity index (χ1v) is 6.57. The number of hydrogen-bond donors (Lipinski definition) is 0. The maximum absolute atomic E-state index is 4.51. The Bertz CT molecular complexity index is 544. The van der Waals surface area contributed by atoms with Crippen LogP contribution < -0.4 is 0 Å². The van der Waals surface area contributed by atoms with Crippen molar-refractivity contribution in [1.29, 1.82) is 0 Å². The lowest BCUT2D eigenvalue weighted by Gasteiger charge is -2.06. The molecular formula is C12H12Br2N2. The number of nitrogens with zero attached hydrogens (tertiary/aromatic N) is 2. The van der Waals surface area contributed by atoms with E-state index >= 15 is 0 Å². The Morgan fingerprint density at radius 1 is 1.12 bits per heavy atom. The van der Waals surface area contributed by atoms with E-state index in [9.17, 15) is 0 Å². The van der Waals surface area contributed by atoms with Gasteiger partial charge < -0.3 is 0 Å². The van der Waals surface area contributed by atoms with Gasteiger partial charge in [0.2, 0.25) is 0 Å². The number of aryl methyl sites for hydroxylation is 2. The maximum atomic E-state index is 4.51. The van der Waals surface area contributed by atoms with Crippen LogP contribution in [0.1, 0.15) is 17.0 Å². The van der Waals surface area contributed by atoms with Crippen LogP contribution in [0, 0.1) is 20.8 Å². The number of aromatic nitrogens is 2. The molecule has 2 rings (SSSR count). The summed E-state index contributed by atoms with van der Waals surface area (Å²) < 4.78 is 4.16. The topological polar surface area (TPSA) is 17.8 Å². The van der Waals surface area contributed by atoms with Crippen molar-refractivity contribution in [3.05, 3.63) is 44.1 Å². The Balaban J connectivity index is 2.59. The molecule has 16 heavy (non-hydrogen) atoms. The zero-order chi connectivity index (χ0) is 11.9. The van der Waals surface area contributed by atoms with Gasteiger partial charge in [-0.1, -0.05) is 15.9 Å². The van der Waals surface area contributed by atoms with Crippen LogP contribution in [-0.4, -0.2) is 9.78 Å². The lowest BCUT2D eigenvalue weighted by molar-refractivity contribution is 0.832. The van der Waals surface area contributed by atoms with E-state index in [0.29, 0.717) is 0 Å². The molecule has 0 saturated heterocycles. The average molecular weight is 344 g/mol. The average Bonchev–Trinajstić information content (AvgIpc) is 2.50. The van der Waals surface area contributed by atoms with Gasteiger partial charge in [-0.15, -0.1) is 0 Å². The van der Waals surface area contributed by atoms with Crippen LogP contribution in [0.2, 0.25) is 0 Å². The zero-order valence-corrected chi connectivity index (χ0v) is 12.6. The molecule has 0 unspecified atom stereocenters. The minimum absolute atomic E-state index is 1.01. The molecule has 0 N–H and O–H groups in total. The number of rotatable bonds is 1. The third-order valence-corrected chi connectivity index (χ3v) is 4.63. The van der Waals surface area contributed by atoms with Gasteiger partial charge in [0.25, 0.3) is 0 Å². The summed E-state index contributed by atoms with van der Waals surface area (Å²) in [5.41, 5.74) is 4.44. The van der Waals surface area contributed by atoms with Crippen LogP contribution in [-0.2, 0) is 0 Å². The number of benzene rings is 1. The quantitative estimate of drug-likeness (QED) is 0.753. The molecule has 4 heteroatoms. The van der Waals surface area contributed by atoms with Crippen molar-refractivity contribution in [2.24, 2.45) is 0 Å². The van der Waals surface area contributed by atoms with E-state index in [-0.39, 0.29) is 0 Å². The smallest absolute Gasteiger partial charge is 0.0743 e. The van der Waals surface area contributed by atoms with E-state index in [1.165, 1.54) is 5.56 Å². The molecule has 1 aromatic heterocycles. The van der Waals surface area contributed by atoms with Gasteiger partial charge in [0, 0.05) is 4.47 Å². The van der Waals surface area contributed by atoms with Crippen molar-refractivity contribution in [3.63, 3.8) is 0 Å². The summed E-state index contributed by atoms with van der Waals surface area (Å²) in [6.07, 6.45) is 0. The van der Waals surface area contributed by atoms with E-state index in [1.807, 2.05) is 11.6 Å². The predicted molar refractivity (Wildman–Crippen MR) is 73.2 cm³/mol. The van der Waals surface area contributed by atoms with Gasteiger partial charge in [0.05, 0.1) is 21.5 Å². The predicted octanol–water partition coefficient (Wildman–Crippen LogP) is 4.32. The van der Waals surface area contributed by atoms with Crippen molar-refractivity contribution < 1.29 is 0 Å². The summed E-state index contributed by atoms with van der Waals surface area (Å²) >= 11 is 7.04. The highest BCUT2D eigenvalue weighted by Crippen LogP contribution is 2.25. The summed E-state index contributed by atoms with van der Waals surface area (Å²) in [5, 5.41) is 4.51. The van der Waals surface area contributed by atoms with Gasteiger partial charge in [0.1, 0.15) is 0 Å². The highest BCUT2D eigenvalue weighted by Gasteiger charge is 2.10. The Morgan fingerprint density at radius 3 is 2.31 bits per heavy atom. The SMILES string of the molecule is Cc1cc(-n2nc(C)c(Br)c2C)ccc1Br. The second-order valence-electron chi connectivity index (χ2n) is 3.83. The minimum atomic E-state index is 1.01. The lowest BCUT2D eigenvalue weighted by atomic mass is 10.2. The van der Waals surface area contributed by atoms with Crippen molar-refractivity contribution in [2.75, 3.05) is 0 Å². The van der Waals surface area contributed by atoms with E-state index < -0.39 is 0 Å². The van der Waals surface area contributed by atoms with E-state index in [2.05, 4.69) is 69.0 Å². The van der Waals surface area contributed by atoms with Crippen molar-refractivity contribution >= 4 is 31.9 Å². The van der Waals surface area contributed by atoms with Crippen LogP contribution in [0.4, 0.5) is 0 Å². The second kappa shape index (κ2) is 4.34. The third-order valence-electron chi connectivity index (χ3n) is 2.59. The summed E-state index contributed by atoms with van der Waals surface area (Å²) in [6.45, 7) is 6.13. The normalized spacial score (nSPS) is 10.8. The fraction of sp³-hybridized carbons (Fsp3) is 0.250. The zero-order valence-electron chi connectivity index (χ0n) is 9.38. The van der Waals surface area contributed by atoms with E-state index in [1.54, 1.807) is 0 Å². The molecular weight excluding hydrogens is 332 g/mol. The molecule has 2 nitrogen and oxygen atoms in total. The first kappa shape index (κ1) is 11.9. The Morgan fingerprint density at radius 2 is 1.81 bits per heavy atom. The van der Waals surface area contributed by atoms with Gasteiger partial charge in [-0.25, -0.2) is 4.68 Å². The molecule has 0 fully saturated rings. The summed E-state index contributed by atoms with van der Waals surface area (Å²) in [6, 6.07) is 6.23. The van der Waals surface area contributed by atoms with E-state index in [0.717, 1.165) is 26.0 Å². The fourth-order valence-electron chi connectivity index (χ4n) is 1.64. The highest BCUT2D eigenvalue weighted by atomic mass is 79.9. The molecule has 1 aromatic carbocycles. The van der Waals surface area contributed by atoms with Crippen molar-refractivity contribution in [1.82, 2.24) is 9.78 Å². The molecule has 0 amide bonds. The number of halogens is 2. The van der Waals surface area contributed by atoms with Gasteiger partial charge in [-0.05, 0) is 60.5 Å². The Labute approximate surface area is 112 Å². The fourth-order valence-corrected chi connectivity index (χ4v) is 2.13. The Kier molecular flexibility index (Phi) is 3.22. The van der Waals surface area contributed by atoms with Crippen LogP contribution >= 0.6 is 31.9 Å². The first-order valence-electron chi connectivity index (χ1n) is 4.99. The molecule has 0 aliphatic heterocycles. The van der Waals surface area contributed by atoms with Crippen LogP contribution in [0.25, 0.3) is 5.69 Å². The molecule has 2 aromatic rings. The largest absolute Gasteiger partial charge is 0.237 e. The molecule has 0 atom stereocenters. The standard InChI is InChI=1S/C12H12Br2N2/c1-7-6-10(4-5-11(7)13)16-9(3)12(14)8(2)15-16/h4-6H,1-3H3. The monoisotopic (exact) mass is 342 g/mol. The van der Waals surface area contributed by atoms with Gasteiger partial charge >= 0.3 is 0 Å².